The largest absolute Gasteiger partial charge is 0.295 e. The standard InChI is InChI=1S/C20H24N4O/c1-14-13-18(23(21-14)16-9-5-3-6-10-16)19-15(2)22-24(20(19)25)17-11-7-4-8-12-17/h4,7-8,11-13,16,22H,3,5-6,9-10H2,1-2H3. The highest BCUT2D eigenvalue weighted by Gasteiger charge is 2.24. The van der Waals surface area contributed by atoms with Gasteiger partial charge in [0.1, 0.15) is 0 Å². The molecule has 0 saturated heterocycles. The number of benzene rings is 1. The van der Waals surface area contributed by atoms with Crippen LogP contribution in [0.1, 0.15) is 49.5 Å². The van der Waals surface area contributed by atoms with Crippen molar-refractivity contribution in [1.29, 1.82) is 0 Å². The van der Waals surface area contributed by atoms with Crippen LogP contribution < -0.4 is 5.56 Å². The van der Waals surface area contributed by atoms with Crippen LogP contribution in [0.2, 0.25) is 0 Å². The van der Waals surface area contributed by atoms with E-state index >= 15 is 0 Å². The van der Waals surface area contributed by atoms with Crippen LogP contribution >= 0.6 is 0 Å². The molecule has 25 heavy (non-hydrogen) atoms. The minimum atomic E-state index is -0.0133. The summed E-state index contributed by atoms with van der Waals surface area (Å²) < 4.78 is 3.72. The van der Waals surface area contributed by atoms with E-state index in [2.05, 4.69) is 9.78 Å². The molecule has 2 aromatic heterocycles. The Morgan fingerprint density at radius 2 is 1.80 bits per heavy atom. The normalized spacial score (nSPS) is 15.6. The second-order valence-electron chi connectivity index (χ2n) is 7.00. The lowest BCUT2D eigenvalue weighted by atomic mass is 9.95. The van der Waals surface area contributed by atoms with Crippen molar-refractivity contribution >= 4 is 0 Å². The summed E-state index contributed by atoms with van der Waals surface area (Å²) in [4.78, 5) is 13.1. The molecule has 0 atom stereocenters. The molecule has 0 amide bonds. The van der Waals surface area contributed by atoms with Crippen LogP contribution in [-0.2, 0) is 0 Å². The van der Waals surface area contributed by atoms with Gasteiger partial charge in [-0.3, -0.25) is 14.6 Å². The molecule has 3 aromatic rings. The maximum atomic E-state index is 13.1. The SMILES string of the molecule is Cc1cc(-c2c(C)[nH]n(-c3ccccc3)c2=O)n(C2CCCCC2)n1. The van der Waals surface area contributed by atoms with Crippen molar-refractivity contribution in [3.05, 3.63) is 58.1 Å². The molecule has 0 aliphatic heterocycles. The highest BCUT2D eigenvalue weighted by molar-refractivity contribution is 5.62. The van der Waals surface area contributed by atoms with Gasteiger partial charge in [-0.25, -0.2) is 4.68 Å². The predicted octanol–water partition coefficient (Wildman–Crippen LogP) is 4.15. The second-order valence-corrected chi connectivity index (χ2v) is 7.00. The molecule has 0 unspecified atom stereocenters. The number of hydrogen-bond donors (Lipinski definition) is 1. The zero-order chi connectivity index (χ0) is 17.4. The third kappa shape index (κ3) is 2.84. The van der Waals surface area contributed by atoms with Gasteiger partial charge in [0.2, 0.25) is 0 Å². The Balaban J connectivity index is 1.84. The highest BCUT2D eigenvalue weighted by Crippen LogP contribution is 2.32. The number of aryl methyl sites for hydroxylation is 2. The molecular formula is C20H24N4O. The lowest BCUT2D eigenvalue weighted by molar-refractivity contribution is 0.331. The van der Waals surface area contributed by atoms with Crippen molar-refractivity contribution in [2.75, 3.05) is 0 Å². The summed E-state index contributed by atoms with van der Waals surface area (Å²) in [6.45, 7) is 3.96. The molecule has 0 bridgehead atoms. The van der Waals surface area contributed by atoms with E-state index in [0.717, 1.165) is 41.2 Å². The number of rotatable bonds is 3. The summed E-state index contributed by atoms with van der Waals surface area (Å²) in [6, 6.07) is 12.1. The molecule has 2 heterocycles. The fraction of sp³-hybridized carbons (Fsp3) is 0.400. The van der Waals surface area contributed by atoms with Crippen molar-refractivity contribution in [2.45, 2.75) is 52.0 Å². The van der Waals surface area contributed by atoms with E-state index in [0.29, 0.717) is 6.04 Å². The van der Waals surface area contributed by atoms with Crippen LogP contribution in [0.4, 0.5) is 0 Å². The Morgan fingerprint density at radius 3 is 2.52 bits per heavy atom. The average molecular weight is 336 g/mol. The first-order valence-corrected chi connectivity index (χ1v) is 9.08. The van der Waals surface area contributed by atoms with Crippen molar-refractivity contribution < 1.29 is 0 Å². The number of aromatic amines is 1. The molecular weight excluding hydrogens is 312 g/mol. The van der Waals surface area contributed by atoms with Crippen molar-refractivity contribution in [3.63, 3.8) is 0 Å². The van der Waals surface area contributed by atoms with Crippen LogP contribution in [0.5, 0.6) is 0 Å². The molecule has 1 aliphatic carbocycles. The van der Waals surface area contributed by atoms with Gasteiger partial charge in [-0.15, -0.1) is 0 Å². The van der Waals surface area contributed by atoms with Crippen LogP contribution in [0, 0.1) is 13.8 Å². The maximum Gasteiger partial charge on any atom is 0.280 e. The van der Waals surface area contributed by atoms with Crippen LogP contribution in [0.3, 0.4) is 0 Å². The van der Waals surface area contributed by atoms with E-state index in [4.69, 9.17) is 5.10 Å². The molecule has 1 saturated carbocycles. The van der Waals surface area contributed by atoms with Gasteiger partial charge in [-0.1, -0.05) is 37.5 Å². The van der Waals surface area contributed by atoms with Gasteiger partial charge in [0.25, 0.3) is 5.56 Å². The maximum absolute atomic E-state index is 13.1. The van der Waals surface area contributed by atoms with Crippen molar-refractivity contribution in [2.24, 2.45) is 0 Å². The van der Waals surface area contributed by atoms with Gasteiger partial charge < -0.3 is 0 Å². The molecule has 4 rings (SSSR count). The number of nitrogens with zero attached hydrogens (tertiary/aromatic N) is 3. The molecule has 5 heteroatoms. The number of H-pyrrole nitrogens is 1. The Hall–Kier alpha value is -2.56. The smallest absolute Gasteiger partial charge is 0.280 e. The molecule has 130 valence electrons. The van der Waals surface area contributed by atoms with Gasteiger partial charge in [0.15, 0.2) is 0 Å². The Labute approximate surface area is 147 Å². The van der Waals surface area contributed by atoms with Crippen molar-refractivity contribution in [3.8, 4) is 16.9 Å². The predicted molar refractivity (Wildman–Crippen MR) is 99.2 cm³/mol. The lowest BCUT2D eigenvalue weighted by Gasteiger charge is -2.23. The molecule has 1 fully saturated rings. The van der Waals surface area contributed by atoms with Gasteiger partial charge in [0, 0.05) is 5.69 Å². The highest BCUT2D eigenvalue weighted by atomic mass is 16.1. The first kappa shape index (κ1) is 15.9. The molecule has 5 nitrogen and oxygen atoms in total. The van der Waals surface area contributed by atoms with Gasteiger partial charge >= 0.3 is 0 Å². The summed E-state index contributed by atoms with van der Waals surface area (Å²) in [5.74, 6) is 0. The monoisotopic (exact) mass is 336 g/mol. The number of para-hydroxylation sites is 1. The van der Waals surface area contributed by atoms with Gasteiger partial charge in [0.05, 0.1) is 28.7 Å². The summed E-state index contributed by atoms with van der Waals surface area (Å²) >= 11 is 0. The minimum Gasteiger partial charge on any atom is -0.295 e. The summed E-state index contributed by atoms with van der Waals surface area (Å²) in [5, 5.41) is 7.96. The number of hydrogen-bond acceptors (Lipinski definition) is 2. The summed E-state index contributed by atoms with van der Waals surface area (Å²) in [6.07, 6.45) is 6.07. The van der Waals surface area contributed by atoms with Crippen LogP contribution in [-0.4, -0.2) is 19.6 Å². The molecule has 0 spiro atoms. The van der Waals surface area contributed by atoms with Gasteiger partial charge in [-0.05, 0) is 44.9 Å². The third-order valence-corrected chi connectivity index (χ3v) is 5.12. The van der Waals surface area contributed by atoms with Crippen LogP contribution in [0.15, 0.2) is 41.2 Å². The van der Waals surface area contributed by atoms with Gasteiger partial charge in [-0.2, -0.15) is 5.10 Å². The van der Waals surface area contributed by atoms with E-state index in [1.165, 1.54) is 19.3 Å². The quantitative estimate of drug-likeness (QED) is 0.781. The van der Waals surface area contributed by atoms with E-state index in [9.17, 15) is 4.79 Å². The third-order valence-electron chi connectivity index (χ3n) is 5.12. The summed E-state index contributed by atoms with van der Waals surface area (Å²) in [5.41, 5.74) is 4.36. The first-order valence-electron chi connectivity index (χ1n) is 9.08. The zero-order valence-electron chi connectivity index (χ0n) is 14.8. The Kier molecular flexibility index (Phi) is 4.07. The van der Waals surface area contributed by atoms with E-state index < -0.39 is 0 Å². The average Bonchev–Trinajstić information content (AvgIpc) is 3.15. The topological polar surface area (TPSA) is 55.6 Å². The van der Waals surface area contributed by atoms with E-state index in [1.807, 2.05) is 50.2 Å². The number of nitrogens with one attached hydrogen (secondary N) is 1. The first-order chi connectivity index (χ1) is 12.1. The molecule has 1 N–H and O–H groups in total. The van der Waals surface area contributed by atoms with E-state index in [1.54, 1.807) is 4.68 Å². The number of aromatic nitrogens is 4. The molecule has 1 aliphatic rings. The lowest BCUT2D eigenvalue weighted by Crippen LogP contribution is -2.19. The van der Waals surface area contributed by atoms with Crippen LogP contribution in [0.25, 0.3) is 16.9 Å². The Morgan fingerprint density at radius 1 is 1.08 bits per heavy atom. The minimum absolute atomic E-state index is 0.0133. The van der Waals surface area contributed by atoms with E-state index in [-0.39, 0.29) is 5.56 Å². The van der Waals surface area contributed by atoms with Crippen molar-refractivity contribution in [1.82, 2.24) is 19.6 Å². The summed E-state index contributed by atoms with van der Waals surface area (Å²) in [7, 11) is 0. The Bertz CT molecular complexity index is 927. The zero-order valence-corrected chi connectivity index (χ0v) is 14.8. The second kappa shape index (κ2) is 6.39. The fourth-order valence-corrected chi connectivity index (χ4v) is 3.91. The molecule has 1 aromatic carbocycles. The molecule has 0 radical (unpaired) electrons. The fourth-order valence-electron chi connectivity index (χ4n) is 3.91.